The topological polar surface area (TPSA) is 18.5 Å². The number of benzene rings is 1. The lowest BCUT2D eigenvalue weighted by Crippen LogP contribution is -2.24. The van der Waals surface area contributed by atoms with Crippen molar-refractivity contribution < 1.29 is 9.47 Å². The van der Waals surface area contributed by atoms with Crippen molar-refractivity contribution in [3.8, 4) is 5.75 Å². The Morgan fingerprint density at radius 1 is 1.37 bits per heavy atom. The molecule has 1 aromatic carbocycles. The van der Waals surface area contributed by atoms with Crippen LogP contribution in [0.2, 0.25) is 0 Å². The maximum absolute atomic E-state index is 5.92. The molecule has 0 radical (unpaired) electrons. The van der Waals surface area contributed by atoms with Crippen molar-refractivity contribution >= 4 is 43.5 Å². The van der Waals surface area contributed by atoms with Gasteiger partial charge < -0.3 is 9.47 Å². The van der Waals surface area contributed by atoms with E-state index < -0.39 is 0 Å². The average molecular weight is 413 g/mol. The molecule has 0 N–H and O–H groups in total. The quantitative estimate of drug-likeness (QED) is 0.626. The van der Waals surface area contributed by atoms with Crippen molar-refractivity contribution in [2.24, 2.45) is 0 Å². The minimum Gasteiger partial charge on any atom is -0.489 e. The zero-order chi connectivity index (χ0) is 14.0. The Morgan fingerprint density at radius 2 is 2.00 bits per heavy atom. The van der Waals surface area contributed by atoms with Gasteiger partial charge in [-0.3, -0.25) is 0 Å². The molecule has 1 aromatic rings. The Labute approximate surface area is 136 Å². The highest BCUT2D eigenvalue weighted by Crippen LogP contribution is 2.36. The van der Waals surface area contributed by atoms with E-state index in [1.54, 1.807) is 0 Å². The summed E-state index contributed by atoms with van der Waals surface area (Å²) in [5.74, 6) is 1.29. The molecule has 2 rings (SSSR count). The van der Waals surface area contributed by atoms with Crippen molar-refractivity contribution in [2.45, 2.75) is 44.3 Å². The van der Waals surface area contributed by atoms with Crippen LogP contribution in [0.3, 0.4) is 0 Å². The first-order valence-electron chi connectivity index (χ1n) is 6.26. The summed E-state index contributed by atoms with van der Waals surface area (Å²) in [7, 11) is 0. The fourth-order valence-corrected chi connectivity index (χ4v) is 3.86. The van der Waals surface area contributed by atoms with Gasteiger partial charge in [-0.1, -0.05) is 0 Å². The molecule has 1 heterocycles. The predicted molar refractivity (Wildman–Crippen MR) is 85.1 cm³/mol. The second-order valence-electron chi connectivity index (χ2n) is 5.37. The maximum Gasteiger partial charge on any atom is 0.147 e. The van der Waals surface area contributed by atoms with Crippen molar-refractivity contribution in [1.29, 1.82) is 0 Å². The molecule has 1 aliphatic heterocycles. The van der Waals surface area contributed by atoms with Gasteiger partial charge in [0.1, 0.15) is 12.4 Å². The summed E-state index contributed by atoms with van der Waals surface area (Å²) in [5, 5.41) is 0. The average Bonchev–Trinajstić information content (AvgIpc) is 2.67. The van der Waals surface area contributed by atoms with Crippen LogP contribution in [0.1, 0.15) is 32.3 Å². The lowest BCUT2D eigenvalue weighted by molar-refractivity contribution is -0.0328. The van der Waals surface area contributed by atoms with Crippen molar-refractivity contribution in [3.05, 3.63) is 26.6 Å². The lowest BCUT2D eigenvalue weighted by atomic mass is 10.1. The first kappa shape index (κ1) is 15.6. The van der Waals surface area contributed by atoms with Crippen LogP contribution in [0.4, 0.5) is 0 Å². The fourth-order valence-electron chi connectivity index (χ4n) is 2.20. The molecule has 0 saturated carbocycles. The van der Waals surface area contributed by atoms with Crippen LogP contribution < -0.4 is 4.74 Å². The third-order valence-corrected chi connectivity index (χ3v) is 4.67. The highest BCUT2D eigenvalue weighted by molar-refractivity contribution is 9.11. The van der Waals surface area contributed by atoms with E-state index in [9.17, 15) is 0 Å². The number of rotatable bonds is 4. The SMILES string of the molecule is CC1(C)CCC(COc2c(Br)cc(CCl)cc2Br)O1. The summed E-state index contributed by atoms with van der Waals surface area (Å²) in [6.45, 7) is 4.81. The Bertz CT molecular complexity index is 440. The van der Waals surface area contributed by atoms with E-state index in [0.717, 1.165) is 33.1 Å². The minimum absolute atomic E-state index is 0.0228. The monoisotopic (exact) mass is 410 g/mol. The largest absolute Gasteiger partial charge is 0.489 e. The molecule has 106 valence electrons. The molecular formula is C14H17Br2ClO2. The predicted octanol–water partition coefficient (Wildman–Crippen LogP) is 5.29. The van der Waals surface area contributed by atoms with Gasteiger partial charge in [0.25, 0.3) is 0 Å². The number of ether oxygens (including phenoxy) is 2. The van der Waals surface area contributed by atoms with Gasteiger partial charge in [0, 0.05) is 5.88 Å². The van der Waals surface area contributed by atoms with Gasteiger partial charge in [0.15, 0.2) is 0 Å². The standard InChI is InChI=1S/C14H17Br2ClO2/c1-14(2)4-3-10(19-14)8-18-13-11(15)5-9(7-17)6-12(13)16/h5-6,10H,3-4,7-8H2,1-2H3. The number of alkyl halides is 1. The molecule has 1 aliphatic rings. The van der Waals surface area contributed by atoms with Gasteiger partial charge in [-0.25, -0.2) is 0 Å². The summed E-state index contributed by atoms with van der Waals surface area (Å²) < 4.78 is 13.6. The third kappa shape index (κ3) is 4.10. The van der Waals surface area contributed by atoms with Crippen molar-refractivity contribution in [3.63, 3.8) is 0 Å². The normalized spacial score (nSPS) is 21.6. The molecule has 2 nitrogen and oxygen atoms in total. The van der Waals surface area contributed by atoms with Gasteiger partial charge in [0.05, 0.1) is 20.7 Å². The van der Waals surface area contributed by atoms with Crippen LogP contribution in [0.5, 0.6) is 5.75 Å². The summed E-state index contributed by atoms with van der Waals surface area (Å²) >= 11 is 12.9. The van der Waals surface area contributed by atoms with E-state index in [0.29, 0.717) is 12.5 Å². The number of hydrogen-bond donors (Lipinski definition) is 0. The van der Waals surface area contributed by atoms with Crippen molar-refractivity contribution in [2.75, 3.05) is 6.61 Å². The van der Waals surface area contributed by atoms with E-state index in [4.69, 9.17) is 21.1 Å². The molecule has 1 fully saturated rings. The van der Waals surface area contributed by atoms with E-state index in [1.807, 2.05) is 12.1 Å². The van der Waals surface area contributed by atoms with Crippen LogP contribution in [0.25, 0.3) is 0 Å². The van der Waals surface area contributed by atoms with Crippen LogP contribution in [-0.2, 0) is 10.6 Å². The molecule has 19 heavy (non-hydrogen) atoms. The van der Waals surface area contributed by atoms with Gasteiger partial charge in [-0.05, 0) is 76.2 Å². The fraction of sp³-hybridized carbons (Fsp3) is 0.571. The Balaban J connectivity index is 2.00. The van der Waals surface area contributed by atoms with E-state index >= 15 is 0 Å². The highest BCUT2D eigenvalue weighted by atomic mass is 79.9. The Hall–Kier alpha value is 0.230. The molecule has 0 aliphatic carbocycles. The molecule has 1 atom stereocenters. The highest BCUT2D eigenvalue weighted by Gasteiger charge is 2.32. The first-order valence-corrected chi connectivity index (χ1v) is 8.38. The summed E-state index contributed by atoms with van der Waals surface area (Å²) in [6, 6.07) is 3.96. The van der Waals surface area contributed by atoms with E-state index in [-0.39, 0.29) is 11.7 Å². The maximum atomic E-state index is 5.92. The molecule has 5 heteroatoms. The number of halogens is 3. The van der Waals surface area contributed by atoms with Gasteiger partial charge in [-0.15, -0.1) is 11.6 Å². The molecule has 1 unspecified atom stereocenters. The van der Waals surface area contributed by atoms with Gasteiger partial charge in [-0.2, -0.15) is 0 Å². The van der Waals surface area contributed by atoms with E-state index in [1.165, 1.54) is 0 Å². The zero-order valence-electron chi connectivity index (χ0n) is 11.0. The summed E-state index contributed by atoms with van der Waals surface area (Å²) in [5.41, 5.74) is 1.02. The first-order chi connectivity index (χ1) is 8.91. The van der Waals surface area contributed by atoms with Crippen LogP contribution in [0.15, 0.2) is 21.1 Å². The summed E-state index contributed by atoms with van der Waals surface area (Å²) in [6.07, 6.45) is 2.29. The molecule has 0 amide bonds. The second kappa shape index (κ2) is 6.33. The molecule has 1 saturated heterocycles. The van der Waals surface area contributed by atoms with Crippen LogP contribution in [0, 0.1) is 0 Å². The Kier molecular flexibility index (Phi) is 5.21. The summed E-state index contributed by atoms with van der Waals surface area (Å²) in [4.78, 5) is 0. The van der Waals surface area contributed by atoms with E-state index in [2.05, 4.69) is 45.7 Å². The lowest BCUT2D eigenvalue weighted by Gasteiger charge is -2.20. The zero-order valence-corrected chi connectivity index (χ0v) is 14.9. The van der Waals surface area contributed by atoms with Crippen LogP contribution in [-0.4, -0.2) is 18.3 Å². The molecule has 0 spiro atoms. The number of hydrogen-bond acceptors (Lipinski definition) is 2. The van der Waals surface area contributed by atoms with Gasteiger partial charge in [0.2, 0.25) is 0 Å². The third-order valence-electron chi connectivity index (χ3n) is 3.18. The molecular weight excluding hydrogens is 395 g/mol. The molecule has 0 bridgehead atoms. The minimum atomic E-state index is -0.0228. The second-order valence-corrected chi connectivity index (χ2v) is 7.35. The molecule has 0 aromatic heterocycles. The Morgan fingerprint density at radius 3 is 2.47 bits per heavy atom. The van der Waals surface area contributed by atoms with Crippen molar-refractivity contribution in [1.82, 2.24) is 0 Å². The smallest absolute Gasteiger partial charge is 0.147 e. The van der Waals surface area contributed by atoms with Crippen LogP contribution >= 0.6 is 43.5 Å². The van der Waals surface area contributed by atoms with Gasteiger partial charge >= 0.3 is 0 Å².